The number of hydrogen-bond donors (Lipinski definition) is 0. The van der Waals surface area contributed by atoms with Gasteiger partial charge >= 0.3 is 6.36 Å². The van der Waals surface area contributed by atoms with E-state index in [1.54, 1.807) is 0 Å². The lowest BCUT2D eigenvalue weighted by Gasteiger charge is -2.11. The second-order valence-electron chi connectivity index (χ2n) is 3.15. The van der Waals surface area contributed by atoms with Crippen LogP contribution in [0.2, 0.25) is 0 Å². The molecule has 0 fully saturated rings. The van der Waals surface area contributed by atoms with E-state index in [0.717, 1.165) is 6.92 Å². The van der Waals surface area contributed by atoms with Gasteiger partial charge in [-0.15, -0.1) is 13.2 Å². The zero-order valence-electron chi connectivity index (χ0n) is 8.93. The molecule has 0 saturated carbocycles. The summed E-state index contributed by atoms with van der Waals surface area (Å²) in [5.74, 6) is -1.25. The Morgan fingerprint density at radius 2 is 2.00 bits per heavy atom. The van der Waals surface area contributed by atoms with Gasteiger partial charge in [-0.3, -0.25) is 10.1 Å². The van der Waals surface area contributed by atoms with Crippen LogP contribution in [0.25, 0.3) is 0 Å². The number of nitro groups is 1. The number of halogens is 4. The predicted molar refractivity (Wildman–Crippen MR) is 55.4 cm³/mol. The lowest BCUT2D eigenvalue weighted by Crippen LogP contribution is -2.19. The van der Waals surface area contributed by atoms with Crippen molar-refractivity contribution in [2.24, 2.45) is 0 Å². The number of ether oxygens (including phenoxy) is 1. The van der Waals surface area contributed by atoms with Crippen LogP contribution < -0.4 is 4.74 Å². The van der Waals surface area contributed by atoms with Gasteiger partial charge in [0.25, 0.3) is 14.7 Å². The summed E-state index contributed by atoms with van der Waals surface area (Å²) < 4.78 is 61.6. The molecule has 1 heterocycles. The topological polar surface area (TPSA) is 99.4 Å². The highest BCUT2D eigenvalue weighted by atomic mass is 35.7. The first-order valence-corrected chi connectivity index (χ1v) is 6.59. The molecule has 0 bridgehead atoms. The van der Waals surface area contributed by atoms with Crippen LogP contribution in [-0.4, -0.2) is 24.7 Å². The van der Waals surface area contributed by atoms with E-state index in [9.17, 15) is 31.7 Å². The van der Waals surface area contributed by atoms with E-state index in [2.05, 4.69) is 9.72 Å². The molecule has 0 N–H and O–H groups in total. The molecule has 0 amide bonds. The van der Waals surface area contributed by atoms with Gasteiger partial charge in [-0.05, 0) is 6.92 Å². The van der Waals surface area contributed by atoms with E-state index in [1.807, 2.05) is 0 Å². The lowest BCUT2D eigenvalue weighted by molar-refractivity contribution is -0.386. The molecule has 0 aliphatic heterocycles. The fourth-order valence-electron chi connectivity index (χ4n) is 1.07. The summed E-state index contributed by atoms with van der Waals surface area (Å²) in [4.78, 5) is 12.5. The Labute approximate surface area is 108 Å². The van der Waals surface area contributed by atoms with Gasteiger partial charge in [-0.1, -0.05) is 0 Å². The van der Waals surface area contributed by atoms with Gasteiger partial charge in [0.1, 0.15) is 0 Å². The quantitative estimate of drug-likeness (QED) is 0.480. The van der Waals surface area contributed by atoms with Gasteiger partial charge in [0.05, 0.1) is 16.6 Å². The van der Waals surface area contributed by atoms with Crippen LogP contribution in [0.3, 0.4) is 0 Å². The van der Waals surface area contributed by atoms with Crippen LogP contribution in [0.15, 0.2) is 11.1 Å². The summed E-state index contributed by atoms with van der Waals surface area (Å²) in [6, 6.07) is 0.445. The number of rotatable bonds is 3. The molecule has 0 unspecified atom stereocenters. The Bertz CT molecular complexity index is 630. The fourth-order valence-corrected chi connectivity index (χ4v) is 1.76. The van der Waals surface area contributed by atoms with E-state index in [1.165, 1.54) is 0 Å². The van der Waals surface area contributed by atoms with Crippen molar-refractivity contribution in [3.63, 3.8) is 0 Å². The van der Waals surface area contributed by atoms with Gasteiger partial charge < -0.3 is 4.74 Å². The van der Waals surface area contributed by atoms with Crippen LogP contribution in [-0.2, 0) is 9.05 Å². The highest BCUT2D eigenvalue weighted by Gasteiger charge is 2.35. The molecular weight excluding hydrogens is 317 g/mol. The molecule has 19 heavy (non-hydrogen) atoms. The molecule has 0 atom stereocenters. The molecule has 0 aromatic carbocycles. The average molecular weight is 321 g/mol. The minimum atomic E-state index is -5.18. The number of nitrogens with zero attached hydrogens (tertiary/aromatic N) is 2. The van der Waals surface area contributed by atoms with Crippen molar-refractivity contribution in [1.82, 2.24) is 4.98 Å². The van der Waals surface area contributed by atoms with E-state index < -0.39 is 42.5 Å². The van der Waals surface area contributed by atoms with Crippen LogP contribution in [0, 0.1) is 17.0 Å². The van der Waals surface area contributed by atoms with Crippen LogP contribution in [0.4, 0.5) is 18.9 Å². The number of pyridine rings is 1. The van der Waals surface area contributed by atoms with Crippen molar-refractivity contribution in [2.75, 3.05) is 0 Å². The van der Waals surface area contributed by atoms with Gasteiger partial charge in [-0.2, -0.15) is 4.98 Å². The van der Waals surface area contributed by atoms with Gasteiger partial charge in [0.15, 0.2) is 5.03 Å². The first-order chi connectivity index (χ1) is 8.42. The maximum absolute atomic E-state index is 12.1. The first kappa shape index (κ1) is 15.4. The Hall–Kier alpha value is -1.62. The molecular formula is C7H4ClF3N2O5S. The molecule has 1 aromatic rings. The second-order valence-corrected chi connectivity index (χ2v) is 5.67. The first-order valence-electron chi connectivity index (χ1n) is 4.28. The van der Waals surface area contributed by atoms with Gasteiger partial charge in [-0.25, -0.2) is 8.42 Å². The summed E-state index contributed by atoms with van der Waals surface area (Å²) in [5, 5.41) is 9.52. The third kappa shape index (κ3) is 3.92. The van der Waals surface area contributed by atoms with Crippen LogP contribution in [0.1, 0.15) is 5.56 Å². The third-order valence-electron chi connectivity index (χ3n) is 1.84. The van der Waals surface area contributed by atoms with Gasteiger partial charge in [0, 0.05) is 10.7 Å². The number of alkyl halides is 3. The monoisotopic (exact) mass is 320 g/mol. The van der Waals surface area contributed by atoms with Crippen molar-refractivity contribution >= 4 is 25.4 Å². The fraction of sp³-hybridized carbons (Fsp3) is 0.286. The summed E-state index contributed by atoms with van der Waals surface area (Å²) in [7, 11) is 0.337. The highest BCUT2D eigenvalue weighted by Crippen LogP contribution is 2.32. The van der Waals surface area contributed by atoms with E-state index in [4.69, 9.17) is 10.7 Å². The molecule has 7 nitrogen and oxygen atoms in total. The van der Waals surface area contributed by atoms with E-state index >= 15 is 0 Å². The van der Waals surface area contributed by atoms with Crippen LogP contribution in [0.5, 0.6) is 5.88 Å². The molecule has 1 aromatic heterocycles. The summed E-state index contributed by atoms with van der Waals surface area (Å²) in [6.07, 6.45) is -5.18. The smallest absolute Gasteiger partial charge is 0.387 e. The van der Waals surface area contributed by atoms with Gasteiger partial charge in [0.2, 0.25) is 5.88 Å². The molecule has 0 radical (unpaired) electrons. The van der Waals surface area contributed by atoms with E-state index in [0.29, 0.717) is 6.07 Å². The molecule has 0 spiro atoms. The maximum atomic E-state index is 12.1. The Kier molecular flexibility index (Phi) is 3.91. The predicted octanol–water partition coefficient (Wildman–Crippen LogP) is 2.12. The summed E-state index contributed by atoms with van der Waals surface area (Å²) >= 11 is 0. The number of aromatic nitrogens is 1. The normalized spacial score (nSPS) is 12.3. The average Bonchev–Trinajstić information content (AvgIpc) is 2.16. The summed E-state index contributed by atoms with van der Waals surface area (Å²) in [5.41, 5.74) is -1.49. The lowest BCUT2D eigenvalue weighted by atomic mass is 10.2. The zero-order valence-corrected chi connectivity index (χ0v) is 10.5. The standard InChI is InChI=1S/C7H4ClF3N2O5S/c1-3-4(13(14)15)2-5(19(8,16)17)12-6(3)18-7(9,10)11/h2H,1H3. The Morgan fingerprint density at radius 1 is 1.47 bits per heavy atom. The van der Waals surface area contributed by atoms with Crippen molar-refractivity contribution in [2.45, 2.75) is 18.3 Å². The zero-order chi connectivity index (χ0) is 15.0. The Balaban J connectivity index is 3.54. The van der Waals surface area contributed by atoms with E-state index in [-0.39, 0.29) is 0 Å². The molecule has 106 valence electrons. The minimum absolute atomic E-state index is 0.445. The molecule has 0 aliphatic rings. The molecule has 0 saturated heterocycles. The molecule has 12 heteroatoms. The summed E-state index contributed by atoms with van der Waals surface area (Å²) in [6.45, 7) is 0.927. The molecule has 1 rings (SSSR count). The number of hydrogen-bond acceptors (Lipinski definition) is 6. The second kappa shape index (κ2) is 4.81. The Morgan fingerprint density at radius 3 is 2.37 bits per heavy atom. The largest absolute Gasteiger partial charge is 0.574 e. The molecule has 0 aliphatic carbocycles. The SMILES string of the molecule is Cc1c([N+](=O)[O-])cc(S(=O)(=O)Cl)nc1OC(F)(F)F. The van der Waals surface area contributed by atoms with Crippen LogP contribution >= 0.6 is 10.7 Å². The van der Waals surface area contributed by atoms with Crippen molar-refractivity contribution < 1.29 is 31.2 Å². The maximum Gasteiger partial charge on any atom is 0.574 e. The van der Waals surface area contributed by atoms with Crippen molar-refractivity contribution in [3.8, 4) is 5.88 Å². The highest BCUT2D eigenvalue weighted by molar-refractivity contribution is 8.13. The minimum Gasteiger partial charge on any atom is -0.387 e. The van der Waals surface area contributed by atoms with Crippen molar-refractivity contribution in [1.29, 1.82) is 0 Å². The van der Waals surface area contributed by atoms with Crippen molar-refractivity contribution in [3.05, 3.63) is 21.7 Å². The third-order valence-corrected chi connectivity index (χ3v) is 3.02.